The van der Waals surface area contributed by atoms with Gasteiger partial charge < -0.3 is 19.9 Å². The van der Waals surface area contributed by atoms with Crippen LogP contribution in [0.3, 0.4) is 0 Å². The SMILES string of the molecule is CCOc1ccc([C@@H](N)c2n[nH]c([C@H]3CCCO3)n2)cc1OCC. The molecule has 7 nitrogen and oxygen atoms in total. The first-order chi connectivity index (χ1) is 11.7. The molecule has 0 bridgehead atoms. The maximum absolute atomic E-state index is 6.34. The number of aromatic nitrogens is 3. The minimum atomic E-state index is -0.439. The summed E-state index contributed by atoms with van der Waals surface area (Å²) in [5.41, 5.74) is 7.21. The lowest BCUT2D eigenvalue weighted by atomic mass is 10.1. The number of ether oxygens (including phenoxy) is 3. The number of hydrogen-bond donors (Lipinski definition) is 2. The summed E-state index contributed by atoms with van der Waals surface area (Å²) in [5.74, 6) is 2.69. The number of H-pyrrole nitrogens is 1. The highest BCUT2D eigenvalue weighted by Crippen LogP contribution is 2.32. The highest BCUT2D eigenvalue weighted by atomic mass is 16.5. The molecule has 3 rings (SSSR count). The molecule has 130 valence electrons. The van der Waals surface area contributed by atoms with Crippen LogP contribution >= 0.6 is 0 Å². The summed E-state index contributed by atoms with van der Waals surface area (Å²) >= 11 is 0. The second-order valence-electron chi connectivity index (χ2n) is 5.63. The van der Waals surface area contributed by atoms with E-state index in [1.165, 1.54) is 0 Å². The molecule has 2 aromatic rings. The smallest absolute Gasteiger partial charge is 0.171 e. The van der Waals surface area contributed by atoms with Crippen molar-refractivity contribution in [2.24, 2.45) is 5.73 Å². The molecule has 24 heavy (non-hydrogen) atoms. The Morgan fingerprint density at radius 3 is 2.79 bits per heavy atom. The lowest BCUT2D eigenvalue weighted by Crippen LogP contribution is -2.14. The first-order valence-electron chi connectivity index (χ1n) is 8.41. The summed E-state index contributed by atoms with van der Waals surface area (Å²) in [6.07, 6.45) is 2.00. The second-order valence-corrected chi connectivity index (χ2v) is 5.63. The zero-order valence-corrected chi connectivity index (χ0v) is 14.1. The quantitative estimate of drug-likeness (QED) is 0.809. The molecule has 3 N–H and O–H groups in total. The average Bonchev–Trinajstić information content (AvgIpc) is 3.27. The summed E-state index contributed by atoms with van der Waals surface area (Å²) < 4.78 is 16.9. The van der Waals surface area contributed by atoms with E-state index in [1.807, 2.05) is 32.0 Å². The van der Waals surface area contributed by atoms with Crippen molar-refractivity contribution in [1.29, 1.82) is 0 Å². The van der Waals surface area contributed by atoms with Crippen molar-refractivity contribution >= 4 is 0 Å². The third kappa shape index (κ3) is 3.52. The Kier molecular flexibility index (Phi) is 5.32. The van der Waals surface area contributed by atoms with E-state index in [0.29, 0.717) is 30.5 Å². The Hall–Kier alpha value is -2.12. The predicted molar refractivity (Wildman–Crippen MR) is 89.1 cm³/mol. The molecule has 1 aromatic heterocycles. The zero-order valence-electron chi connectivity index (χ0n) is 14.1. The molecule has 1 aliphatic rings. The Morgan fingerprint density at radius 2 is 2.08 bits per heavy atom. The second kappa shape index (κ2) is 7.63. The average molecular weight is 332 g/mol. The molecule has 0 amide bonds. The van der Waals surface area contributed by atoms with Crippen molar-refractivity contribution in [1.82, 2.24) is 15.2 Å². The fourth-order valence-electron chi connectivity index (χ4n) is 2.77. The zero-order chi connectivity index (χ0) is 16.9. The number of nitrogens with one attached hydrogen (secondary N) is 1. The summed E-state index contributed by atoms with van der Waals surface area (Å²) in [4.78, 5) is 4.51. The van der Waals surface area contributed by atoms with Gasteiger partial charge in [-0.25, -0.2) is 4.98 Å². The van der Waals surface area contributed by atoms with Gasteiger partial charge in [0, 0.05) is 6.61 Å². The topological polar surface area (TPSA) is 95.3 Å². The monoisotopic (exact) mass is 332 g/mol. The van der Waals surface area contributed by atoms with Gasteiger partial charge in [-0.2, -0.15) is 5.10 Å². The van der Waals surface area contributed by atoms with E-state index in [1.54, 1.807) is 0 Å². The maximum atomic E-state index is 6.34. The normalized spacial score (nSPS) is 18.5. The number of aromatic amines is 1. The fourth-order valence-corrected chi connectivity index (χ4v) is 2.77. The molecule has 0 unspecified atom stereocenters. The van der Waals surface area contributed by atoms with Crippen LogP contribution in [0.5, 0.6) is 11.5 Å². The number of rotatable bonds is 7. The molecular formula is C17H24N4O3. The Bertz CT molecular complexity index is 668. The van der Waals surface area contributed by atoms with Gasteiger partial charge >= 0.3 is 0 Å². The van der Waals surface area contributed by atoms with Gasteiger partial charge in [0.05, 0.1) is 19.3 Å². The van der Waals surface area contributed by atoms with Gasteiger partial charge in [-0.15, -0.1) is 0 Å². The van der Waals surface area contributed by atoms with Crippen molar-refractivity contribution in [2.45, 2.75) is 38.8 Å². The minimum Gasteiger partial charge on any atom is -0.490 e. The Morgan fingerprint density at radius 1 is 1.29 bits per heavy atom. The van der Waals surface area contributed by atoms with Crippen LogP contribution in [0.25, 0.3) is 0 Å². The van der Waals surface area contributed by atoms with Crippen LogP contribution in [-0.2, 0) is 4.74 Å². The molecule has 0 radical (unpaired) electrons. The van der Waals surface area contributed by atoms with Crippen LogP contribution in [0.4, 0.5) is 0 Å². The Balaban J connectivity index is 1.81. The van der Waals surface area contributed by atoms with E-state index < -0.39 is 6.04 Å². The van der Waals surface area contributed by atoms with Gasteiger partial charge in [-0.05, 0) is 44.4 Å². The van der Waals surface area contributed by atoms with Crippen LogP contribution in [0.1, 0.15) is 56.0 Å². The molecule has 2 heterocycles. The molecule has 2 atom stereocenters. The number of nitrogens with two attached hydrogens (primary N) is 1. The third-order valence-corrected chi connectivity index (χ3v) is 3.96. The Labute approximate surface area is 141 Å². The van der Waals surface area contributed by atoms with E-state index in [2.05, 4.69) is 15.2 Å². The van der Waals surface area contributed by atoms with Gasteiger partial charge in [0.2, 0.25) is 0 Å². The number of hydrogen-bond acceptors (Lipinski definition) is 6. The van der Waals surface area contributed by atoms with Crippen molar-refractivity contribution in [3.8, 4) is 11.5 Å². The molecule has 7 heteroatoms. The number of nitrogens with zero attached hydrogens (tertiary/aromatic N) is 2. The summed E-state index contributed by atoms with van der Waals surface area (Å²) in [7, 11) is 0. The maximum Gasteiger partial charge on any atom is 0.171 e. The van der Waals surface area contributed by atoms with Crippen LogP contribution in [0, 0.1) is 0 Å². The minimum absolute atomic E-state index is 0.00207. The third-order valence-electron chi connectivity index (χ3n) is 3.96. The van der Waals surface area contributed by atoms with E-state index >= 15 is 0 Å². The highest BCUT2D eigenvalue weighted by molar-refractivity contribution is 5.44. The predicted octanol–water partition coefficient (Wildman–Crippen LogP) is 2.50. The molecule has 1 saturated heterocycles. The van der Waals surface area contributed by atoms with E-state index in [-0.39, 0.29) is 6.10 Å². The van der Waals surface area contributed by atoms with E-state index in [4.69, 9.17) is 19.9 Å². The molecule has 1 aliphatic heterocycles. The molecule has 1 aromatic carbocycles. The van der Waals surface area contributed by atoms with Gasteiger partial charge in [0.25, 0.3) is 0 Å². The van der Waals surface area contributed by atoms with Crippen molar-refractivity contribution < 1.29 is 14.2 Å². The van der Waals surface area contributed by atoms with Gasteiger partial charge in [-0.1, -0.05) is 6.07 Å². The standard InChI is InChI=1S/C17H24N4O3/c1-3-22-12-8-7-11(10-14(12)23-4-2)15(18)17-19-16(20-21-17)13-6-5-9-24-13/h7-8,10,13,15H,3-6,9,18H2,1-2H3,(H,19,20,21)/t13-,15-/m1/s1. The van der Waals surface area contributed by atoms with Crippen LogP contribution < -0.4 is 15.2 Å². The summed E-state index contributed by atoms with van der Waals surface area (Å²) in [5, 5.41) is 7.21. The molecular weight excluding hydrogens is 308 g/mol. The highest BCUT2D eigenvalue weighted by Gasteiger charge is 2.23. The summed E-state index contributed by atoms with van der Waals surface area (Å²) in [6, 6.07) is 5.24. The first-order valence-corrected chi connectivity index (χ1v) is 8.41. The molecule has 0 aliphatic carbocycles. The molecule has 0 spiro atoms. The van der Waals surface area contributed by atoms with Gasteiger partial charge in [-0.3, -0.25) is 5.10 Å². The lowest BCUT2D eigenvalue weighted by Gasteiger charge is -2.14. The van der Waals surface area contributed by atoms with Crippen LogP contribution in [0.2, 0.25) is 0 Å². The van der Waals surface area contributed by atoms with Crippen molar-refractivity contribution in [2.75, 3.05) is 19.8 Å². The summed E-state index contributed by atoms with van der Waals surface area (Å²) in [6.45, 7) is 5.78. The van der Waals surface area contributed by atoms with Crippen molar-refractivity contribution in [3.05, 3.63) is 35.4 Å². The van der Waals surface area contributed by atoms with Crippen LogP contribution in [-0.4, -0.2) is 35.0 Å². The largest absolute Gasteiger partial charge is 0.490 e. The lowest BCUT2D eigenvalue weighted by molar-refractivity contribution is 0.105. The fraction of sp³-hybridized carbons (Fsp3) is 0.529. The van der Waals surface area contributed by atoms with E-state index in [0.717, 1.165) is 30.8 Å². The van der Waals surface area contributed by atoms with E-state index in [9.17, 15) is 0 Å². The first kappa shape index (κ1) is 16.7. The van der Waals surface area contributed by atoms with Crippen LogP contribution in [0.15, 0.2) is 18.2 Å². The van der Waals surface area contributed by atoms with Crippen molar-refractivity contribution in [3.63, 3.8) is 0 Å². The molecule has 1 fully saturated rings. The number of benzene rings is 1. The van der Waals surface area contributed by atoms with Gasteiger partial charge in [0.1, 0.15) is 6.10 Å². The molecule has 0 saturated carbocycles. The van der Waals surface area contributed by atoms with Gasteiger partial charge in [0.15, 0.2) is 23.1 Å².